The maximum atomic E-state index is 13.5. The molecule has 0 saturated carbocycles. The molecule has 2 nitrogen and oxygen atoms in total. The van der Waals surface area contributed by atoms with Crippen molar-refractivity contribution in [2.24, 2.45) is 0 Å². The Balaban J connectivity index is 2.20. The van der Waals surface area contributed by atoms with Crippen LogP contribution in [0.1, 0.15) is 12.0 Å². The summed E-state index contributed by atoms with van der Waals surface area (Å²) in [5.41, 5.74) is 2.34. The van der Waals surface area contributed by atoms with Gasteiger partial charge >= 0.3 is 0 Å². The highest BCUT2D eigenvalue weighted by molar-refractivity contribution is 5.93. The van der Waals surface area contributed by atoms with Gasteiger partial charge in [0.25, 0.3) is 0 Å². The minimum atomic E-state index is -0.546. The minimum Gasteiger partial charge on any atom is -0.358 e. The van der Waals surface area contributed by atoms with Crippen molar-refractivity contribution in [2.75, 3.05) is 13.1 Å². The summed E-state index contributed by atoms with van der Waals surface area (Å²) in [6.07, 6.45) is 4.80. The van der Waals surface area contributed by atoms with Crippen LogP contribution in [0, 0.1) is 11.6 Å². The van der Waals surface area contributed by atoms with Gasteiger partial charge in [-0.1, -0.05) is 6.08 Å². The number of nitrogens with one attached hydrogen (secondary N) is 2. The zero-order valence-electron chi connectivity index (χ0n) is 9.19. The number of H-pyrrole nitrogens is 1. The van der Waals surface area contributed by atoms with E-state index in [4.69, 9.17) is 0 Å². The molecule has 2 N–H and O–H groups in total. The maximum absolute atomic E-state index is 13.5. The average Bonchev–Trinajstić information content (AvgIpc) is 2.74. The zero-order valence-corrected chi connectivity index (χ0v) is 9.19. The normalized spacial score (nSPS) is 16.2. The molecule has 0 fully saturated rings. The summed E-state index contributed by atoms with van der Waals surface area (Å²) in [7, 11) is 0. The van der Waals surface area contributed by atoms with E-state index >= 15 is 0 Å². The summed E-state index contributed by atoms with van der Waals surface area (Å²) < 4.78 is 26.8. The van der Waals surface area contributed by atoms with Crippen LogP contribution in [-0.4, -0.2) is 18.1 Å². The number of aromatic nitrogens is 1. The van der Waals surface area contributed by atoms with Crippen molar-refractivity contribution in [2.45, 2.75) is 6.42 Å². The van der Waals surface area contributed by atoms with Crippen LogP contribution < -0.4 is 5.32 Å². The smallest absolute Gasteiger partial charge is 0.150 e. The highest BCUT2D eigenvalue weighted by atomic mass is 19.1. The Hall–Kier alpha value is -1.68. The number of halogens is 2. The molecule has 1 aromatic heterocycles. The Kier molecular flexibility index (Phi) is 2.44. The quantitative estimate of drug-likeness (QED) is 0.780. The molecule has 4 heteroatoms. The number of rotatable bonds is 1. The van der Waals surface area contributed by atoms with E-state index < -0.39 is 11.6 Å². The molecule has 0 aliphatic carbocycles. The van der Waals surface area contributed by atoms with Crippen LogP contribution in [0.25, 0.3) is 16.5 Å². The maximum Gasteiger partial charge on any atom is 0.150 e. The van der Waals surface area contributed by atoms with Crippen LogP contribution in [0.2, 0.25) is 0 Å². The van der Waals surface area contributed by atoms with E-state index in [1.807, 2.05) is 0 Å². The van der Waals surface area contributed by atoms with E-state index in [1.54, 1.807) is 6.20 Å². The van der Waals surface area contributed by atoms with Gasteiger partial charge in [0.15, 0.2) is 0 Å². The molecular formula is C13H12F2N2. The lowest BCUT2D eigenvalue weighted by Gasteiger charge is -2.13. The SMILES string of the molecule is Fc1cc(F)c2[nH]cc(C3=CCCNC3)c2c1. The fourth-order valence-corrected chi connectivity index (χ4v) is 2.27. The zero-order chi connectivity index (χ0) is 11.8. The highest BCUT2D eigenvalue weighted by Crippen LogP contribution is 2.28. The van der Waals surface area contributed by atoms with Crippen molar-refractivity contribution in [3.05, 3.63) is 41.6 Å². The summed E-state index contributed by atoms with van der Waals surface area (Å²) in [6.45, 7) is 1.69. The predicted octanol–water partition coefficient (Wildman–Crippen LogP) is 2.82. The van der Waals surface area contributed by atoms with Crippen LogP contribution in [0.4, 0.5) is 8.78 Å². The highest BCUT2D eigenvalue weighted by Gasteiger charge is 2.14. The van der Waals surface area contributed by atoms with Gasteiger partial charge in [-0.2, -0.15) is 0 Å². The lowest BCUT2D eigenvalue weighted by molar-refractivity contribution is 0.591. The Morgan fingerprint density at radius 3 is 2.82 bits per heavy atom. The largest absolute Gasteiger partial charge is 0.358 e. The molecule has 0 spiro atoms. The molecule has 1 aromatic carbocycles. The van der Waals surface area contributed by atoms with Crippen molar-refractivity contribution in [3.63, 3.8) is 0 Å². The van der Waals surface area contributed by atoms with E-state index in [-0.39, 0.29) is 0 Å². The van der Waals surface area contributed by atoms with Crippen molar-refractivity contribution < 1.29 is 8.78 Å². The van der Waals surface area contributed by atoms with Crippen LogP contribution in [0.15, 0.2) is 24.4 Å². The van der Waals surface area contributed by atoms with Gasteiger partial charge in [-0.3, -0.25) is 0 Å². The van der Waals surface area contributed by atoms with E-state index in [2.05, 4.69) is 16.4 Å². The molecule has 1 aliphatic heterocycles. The number of hydrogen-bond donors (Lipinski definition) is 2. The molecule has 0 saturated heterocycles. The molecule has 17 heavy (non-hydrogen) atoms. The van der Waals surface area contributed by atoms with Gasteiger partial charge in [-0.15, -0.1) is 0 Å². The fraction of sp³-hybridized carbons (Fsp3) is 0.231. The Labute approximate surface area is 97.3 Å². The lowest BCUT2D eigenvalue weighted by atomic mass is 10.0. The first kappa shape index (κ1) is 10.5. The second-order valence-corrected chi connectivity index (χ2v) is 4.21. The van der Waals surface area contributed by atoms with Crippen LogP contribution in [-0.2, 0) is 0 Å². The molecule has 0 unspecified atom stereocenters. The molecule has 0 atom stereocenters. The predicted molar refractivity (Wildman–Crippen MR) is 63.7 cm³/mol. The van der Waals surface area contributed by atoms with Gasteiger partial charge < -0.3 is 10.3 Å². The number of benzene rings is 1. The average molecular weight is 234 g/mol. The molecule has 88 valence electrons. The van der Waals surface area contributed by atoms with E-state index in [0.717, 1.165) is 36.7 Å². The van der Waals surface area contributed by atoms with Gasteiger partial charge in [-0.05, 0) is 24.6 Å². The summed E-state index contributed by atoms with van der Waals surface area (Å²) in [6, 6.07) is 2.27. The third-order valence-electron chi connectivity index (χ3n) is 3.08. The van der Waals surface area contributed by atoms with Crippen molar-refractivity contribution >= 4 is 16.5 Å². The monoisotopic (exact) mass is 234 g/mol. The number of aromatic amines is 1. The molecule has 0 radical (unpaired) electrons. The van der Waals surface area contributed by atoms with Crippen molar-refractivity contribution in [3.8, 4) is 0 Å². The molecule has 2 aromatic rings. The van der Waals surface area contributed by atoms with Gasteiger partial charge in [0.05, 0.1) is 5.52 Å². The van der Waals surface area contributed by atoms with Crippen molar-refractivity contribution in [1.29, 1.82) is 0 Å². The fourth-order valence-electron chi connectivity index (χ4n) is 2.27. The number of hydrogen-bond acceptors (Lipinski definition) is 1. The topological polar surface area (TPSA) is 27.8 Å². The third-order valence-corrected chi connectivity index (χ3v) is 3.08. The summed E-state index contributed by atoms with van der Waals surface area (Å²) in [5.74, 6) is -1.09. The van der Waals surface area contributed by atoms with Crippen molar-refractivity contribution in [1.82, 2.24) is 10.3 Å². The van der Waals surface area contributed by atoms with E-state index in [1.165, 1.54) is 6.07 Å². The van der Waals surface area contributed by atoms with Crippen LogP contribution in [0.5, 0.6) is 0 Å². The molecule has 2 heterocycles. The molecular weight excluding hydrogens is 222 g/mol. The molecule has 1 aliphatic rings. The van der Waals surface area contributed by atoms with Gasteiger partial charge in [-0.25, -0.2) is 8.78 Å². The first-order chi connectivity index (χ1) is 8.25. The van der Waals surface area contributed by atoms with Crippen LogP contribution >= 0.6 is 0 Å². The third kappa shape index (κ3) is 1.74. The Morgan fingerprint density at radius 1 is 1.18 bits per heavy atom. The van der Waals surface area contributed by atoms with Gasteiger partial charge in [0.2, 0.25) is 0 Å². The van der Waals surface area contributed by atoms with Crippen LogP contribution in [0.3, 0.4) is 0 Å². The summed E-state index contributed by atoms with van der Waals surface area (Å²) >= 11 is 0. The summed E-state index contributed by atoms with van der Waals surface area (Å²) in [5, 5.41) is 3.86. The molecule has 0 amide bonds. The van der Waals surface area contributed by atoms with Gasteiger partial charge in [0, 0.05) is 29.8 Å². The second kappa shape index (κ2) is 3.96. The first-order valence-electron chi connectivity index (χ1n) is 5.62. The standard InChI is InChI=1S/C13H12F2N2/c14-9-4-10-11(8-2-1-3-16-6-8)7-17-13(10)12(15)5-9/h2,4-5,7,16-17H,1,3,6H2. The van der Waals surface area contributed by atoms with E-state index in [9.17, 15) is 8.78 Å². The number of fused-ring (bicyclic) bond motifs is 1. The Morgan fingerprint density at radius 2 is 2.06 bits per heavy atom. The molecule has 3 rings (SSSR count). The Bertz CT molecular complexity index is 599. The summed E-state index contributed by atoms with van der Waals surface area (Å²) in [4.78, 5) is 2.87. The molecule has 0 bridgehead atoms. The lowest BCUT2D eigenvalue weighted by Crippen LogP contribution is -2.21. The minimum absolute atomic E-state index is 0.368. The first-order valence-corrected chi connectivity index (χ1v) is 5.62. The second-order valence-electron chi connectivity index (χ2n) is 4.21. The van der Waals surface area contributed by atoms with Gasteiger partial charge in [0.1, 0.15) is 11.6 Å². The van der Waals surface area contributed by atoms with E-state index in [0.29, 0.717) is 10.9 Å².